The molecule has 0 aliphatic carbocycles. The van der Waals surface area contributed by atoms with Crippen molar-refractivity contribution in [3.63, 3.8) is 0 Å². The van der Waals surface area contributed by atoms with E-state index in [1.165, 1.54) is 5.56 Å². The fourth-order valence-corrected chi connectivity index (χ4v) is 2.77. The molecule has 0 unspecified atom stereocenters. The Morgan fingerprint density at radius 1 is 1.05 bits per heavy atom. The third-order valence-corrected chi connectivity index (χ3v) is 4.55. The number of aliphatic hydroxyl groups is 1. The average molecular weight is 260 g/mol. The van der Waals surface area contributed by atoms with Gasteiger partial charge in [0.15, 0.2) is 0 Å². The Hall–Kier alpha value is -1.12. The molecule has 1 aromatic carbocycles. The summed E-state index contributed by atoms with van der Waals surface area (Å²) in [5.74, 6) is 1.43. The zero-order valence-electron chi connectivity index (χ0n) is 12.0. The van der Waals surface area contributed by atoms with Crippen molar-refractivity contribution in [1.29, 1.82) is 0 Å². The summed E-state index contributed by atoms with van der Waals surface area (Å²) in [5, 5.41) is 9.42. The Balaban J connectivity index is 2.09. The van der Waals surface area contributed by atoms with Crippen LogP contribution in [0.2, 0.25) is 0 Å². The highest BCUT2D eigenvalue weighted by atomic mass is 16.5. The highest BCUT2D eigenvalue weighted by Gasteiger charge is 2.37. The fraction of sp³-hybridized carbons (Fsp3) is 0.529. The topological polar surface area (TPSA) is 29.5 Å². The largest absolute Gasteiger partial charge is 0.394 e. The van der Waals surface area contributed by atoms with Crippen molar-refractivity contribution < 1.29 is 9.84 Å². The van der Waals surface area contributed by atoms with Crippen molar-refractivity contribution in [1.82, 2.24) is 0 Å². The molecule has 1 N–H and O–H groups in total. The quantitative estimate of drug-likeness (QED) is 0.903. The van der Waals surface area contributed by atoms with Gasteiger partial charge >= 0.3 is 0 Å². The van der Waals surface area contributed by atoms with E-state index in [1.54, 1.807) is 0 Å². The number of hydrogen-bond donors (Lipinski definition) is 1. The Morgan fingerprint density at radius 3 is 2.37 bits per heavy atom. The van der Waals surface area contributed by atoms with Crippen LogP contribution in [0.5, 0.6) is 0 Å². The summed E-state index contributed by atoms with van der Waals surface area (Å²) in [5.41, 5.74) is 1.19. The van der Waals surface area contributed by atoms with Crippen molar-refractivity contribution in [2.24, 2.45) is 17.8 Å². The van der Waals surface area contributed by atoms with Crippen LogP contribution < -0.4 is 0 Å². The molecule has 1 aromatic rings. The molecule has 0 bridgehead atoms. The minimum Gasteiger partial charge on any atom is -0.394 e. The summed E-state index contributed by atoms with van der Waals surface area (Å²) in [7, 11) is 0. The predicted octanol–water partition coefficient (Wildman–Crippen LogP) is 3.37. The minimum atomic E-state index is -0.0448. The van der Waals surface area contributed by atoms with Gasteiger partial charge in [-0.2, -0.15) is 0 Å². The van der Waals surface area contributed by atoms with E-state index in [0.717, 1.165) is 0 Å². The van der Waals surface area contributed by atoms with Crippen molar-refractivity contribution in [3.8, 4) is 0 Å². The third kappa shape index (κ3) is 3.26. The maximum Gasteiger partial charge on any atom is 0.0842 e. The van der Waals surface area contributed by atoms with Gasteiger partial charge in [0.2, 0.25) is 0 Å². The van der Waals surface area contributed by atoms with E-state index in [2.05, 4.69) is 45.1 Å². The van der Waals surface area contributed by atoms with Crippen LogP contribution in [0.4, 0.5) is 0 Å². The first-order chi connectivity index (χ1) is 9.13. The SMILES string of the molecule is C[C@H]1[C@@H](C)[C@@H](CO)O[C@@H](/C=C/c2ccccc2)[C@H]1C. The molecule has 0 aromatic heterocycles. The Labute approximate surface area is 116 Å². The second kappa shape index (κ2) is 6.36. The van der Waals surface area contributed by atoms with E-state index >= 15 is 0 Å². The van der Waals surface area contributed by atoms with Crippen LogP contribution in [0.1, 0.15) is 26.3 Å². The molecule has 1 fully saturated rings. The van der Waals surface area contributed by atoms with Gasteiger partial charge in [-0.1, -0.05) is 63.3 Å². The lowest BCUT2D eigenvalue weighted by atomic mass is 9.76. The molecule has 1 heterocycles. The summed E-state index contributed by atoms with van der Waals surface area (Å²) in [6.45, 7) is 6.76. The van der Waals surface area contributed by atoms with Gasteiger partial charge in [-0.25, -0.2) is 0 Å². The van der Waals surface area contributed by atoms with Crippen LogP contribution in [0.3, 0.4) is 0 Å². The van der Waals surface area contributed by atoms with Crippen LogP contribution in [0, 0.1) is 17.8 Å². The Kier molecular flexibility index (Phi) is 4.78. The number of ether oxygens (including phenoxy) is 1. The van der Waals surface area contributed by atoms with Crippen LogP contribution in [-0.4, -0.2) is 23.9 Å². The lowest BCUT2D eigenvalue weighted by molar-refractivity contribution is -0.128. The van der Waals surface area contributed by atoms with Gasteiger partial charge in [0, 0.05) is 0 Å². The van der Waals surface area contributed by atoms with Crippen molar-refractivity contribution in [3.05, 3.63) is 42.0 Å². The van der Waals surface area contributed by atoms with Gasteiger partial charge in [-0.15, -0.1) is 0 Å². The summed E-state index contributed by atoms with van der Waals surface area (Å²) in [6, 6.07) is 10.2. The molecule has 1 aliphatic heterocycles. The molecule has 5 atom stereocenters. The highest BCUT2D eigenvalue weighted by Crippen LogP contribution is 2.35. The summed E-state index contributed by atoms with van der Waals surface area (Å²) in [6.07, 6.45) is 4.28. The molecule has 2 heteroatoms. The molecule has 1 saturated heterocycles. The maximum absolute atomic E-state index is 9.42. The summed E-state index contributed by atoms with van der Waals surface area (Å²) >= 11 is 0. The van der Waals surface area contributed by atoms with E-state index in [1.807, 2.05) is 18.2 Å². The van der Waals surface area contributed by atoms with Crippen LogP contribution >= 0.6 is 0 Å². The van der Waals surface area contributed by atoms with Crippen molar-refractivity contribution in [2.75, 3.05) is 6.61 Å². The molecule has 104 valence electrons. The van der Waals surface area contributed by atoms with Gasteiger partial charge in [0.05, 0.1) is 18.8 Å². The molecule has 2 nitrogen and oxygen atoms in total. The normalized spacial score (nSPS) is 35.7. The molecule has 0 amide bonds. The second-order valence-corrected chi connectivity index (χ2v) is 5.67. The number of hydrogen-bond acceptors (Lipinski definition) is 2. The van der Waals surface area contributed by atoms with Crippen molar-refractivity contribution in [2.45, 2.75) is 33.0 Å². The monoisotopic (exact) mass is 260 g/mol. The minimum absolute atomic E-state index is 0.0448. The second-order valence-electron chi connectivity index (χ2n) is 5.67. The standard InChI is InChI=1S/C17H24O2/c1-12-13(2)16(19-17(11-18)14(12)3)10-9-15-7-5-4-6-8-15/h4-10,12-14,16-18H,11H2,1-3H3/b10-9+/t12-,13+,14-,16+,17-/m1/s1. The van der Waals surface area contributed by atoms with Crippen molar-refractivity contribution >= 4 is 6.08 Å². The number of benzene rings is 1. The predicted molar refractivity (Wildman–Crippen MR) is 78.7 cm³/mol. The molecular formula is C17H24O2. The Bertz CT molecular complexity index is 411. The first kappa shape index (κ1) is 14.3. The molecule has 1 aliphatic rings. The lowest BCUT2D eigenvalue weighted by Crippen LogP contribution is -2.45. The van der Waals surface area contributed by atoms with Crippen LogP contribution in [0.25, 0.3) is 6.08 Å². The zero-order valence-corrected chi connectivity index (χ0v) is 12.0. The first-order valence-corrected chi connectivity index (χ1v) is 7.13. The maximum atomic E-state index is 9.42. The van der Waals surface area contributed by atoms with E-state index in [-0.39, 0.29) is 18.8 Å². The van der Waals surface area contributed by atoms with Crippen LogP contribution in [-0.2, 0) is 4.74 Å². The van der Waals surface area contributed by atoms with E-state index in [4.69, 9.17) is 4.74 Å². The number of aliphatic hydroxyl groups excluding tert-OH is 1. The zero-order chi connectivity index (χ0) is 13.8. The van der Waals surface area contributed by atoms with Gasteiger partial charge in [0.1, 0.15) is 0 Å². The van der Waals surface area contributed by atoms with Gasteiger partial charge in [-0.05, 0) is 23.3 Å². The fourth-order valence-electron chi connectivity index (χ4n) is 2.77. The first-order valence-electron chi connectivity index (χ1n) is 7.13. The molecule has 0 saturated carbocycles. The number of rotatable bonds is 3. The molecule has 0 radical (unpaired) electrons. The molecular weight excluding hydrogens is 236 g/mol. The third-order valence-electron chi connectivity index (χ3n) is 4.55. The molecule has 19 heavy (non-hydrogen) atoms. The average Bonchev–Trinajstić information content (AvgIpc) is 2.45. The van der Waals surface area contributed by atoms with Gasteiger partial charge < -0.3 is 9.84 Å². The summed E-state index contributed by atoms with van der Waals surface area (Å²) in [4.78, 5) is 0. The Morgan fingerprint density at radius 2 is 1.74 bits per heavy atom. The van der Waals surface area contributed by atoms with Gasteiger partial charge in [-0.3, -0.25) is 0 Å². The molecule has 0 spiro atoms. The van der Waals surface area contributed by atoms with Crippen LogP contribution in [0.15, 0.2) is 36.4 Å². The highest BCUT2D eigenvalue weighted by molar-refractivity contribution is 5.49. The van der Waals surface area contributed by atoms with E-state index in [0.29, 0.717) is 17.8 Å². The summed E-state index contributed by atoms with van der Waals surface area (Å²) < 4.78 is 6.02. The smallest absolute Gasteiger partial charge is 0.0842 e. The van der Waals surface area contributed by atoms with E-state index < -0.39 is 0 Å². The lowest BCUT2D eigenvalue weighted by Gasteiger charge is -2.42. The van der Waals surface area contributed by atoms with Gasteiger partial charge in [0.25, 0.3) is 0 Å². The molecule has 2 rings (SSSR count). The van der Waals surface area contributed by atoms with E-state index in [9.17, 15) is 5.11 Å².